The molecule has 3 fully saturated rings. The number of allylic oxidation sites excluding steroid dienone is 2. The lowest BCUT2D eigenvalue weighted by Gasteiger charge is -2.58. The van der Waals surface area contributed by atoms with Crippen molar-refractivity contribution in [2.75, 3.05) is 18.5 Å². The third-order valence-electron chi connectivity index (χ3n) is 18.1. The highest BCUT2D eigenvalue weighted by atomic mass is 16.7. The van der Waals surface area contributed by atoms with E-state index in [0.29, 0.717) is 42.2 Å². The number of ether oxygens (including phenoxy) is 3. The highest BCUT2D eigenvalue weighted by molar-refractivity contribution is 5.99. The zero-order chi connectivity index (χ0) is 57.5. The van der Waals surface area contributed by atoms with Crippen LogP contribution in [0.1, 0.15) is 134 Å². The average Bonchev–Trinajstić information content (AvgIpc) is 3.61. The largest absolute Gasteiger partial charge is 0.514 e. The zero-order valence-electron chi connectivity index (χ0n) is 47.8. The third kappa shape index (κ3) is 16.1. The third-order valence-corrected chi connectivity index (χ3v) is 18.1. The van der Waals surface area contributed by atoms with Gasteiger partial charge in [-0.2, -0.15) is 0 Å². The second-order valence-corrected chi connectivity index (χ2v) is 24.0. The van der Waals surface area contributed by atoms with Gasteiger partial charge in [-0.05, 0) is 152 Å². The van der Waals surface area contributed by atoms with Gasteiger partial charge in [-0.3, -0.25) is 29.3 Å². The van der Waals surface area contributed by atoms with Crippen molar-refractivity contribution in [3.8, 4) is 5.75 Å². The van der Waals surface area contributed by atoms with E-state index < -0.39 is 40.9 Å². The summed E-state index contributed by atoms with van der Waals surface area (Å²) in [7, 11) is 0. The number of non-ortho nitro benzene ring substituents is 1. The molecule has 4 amide bonds. The molecule has 8 rings (SSSR count). The van der Waals surface area contributed by atoms with Crippen LogP contribution in [0.2, 0.25) is 0 Å². The normalized spacial score (nSPS) is 23.5. The fourth-order valence-electron chi connectivity index (χ4n) is 13.7. The molecule has 4 aliphatic rings. The topological polar surface area (TPSA) is 204 Å². The van der Waals surface area contributed by atoms with Gasteiger partial charge in [-0.25, -0.2) is 4.79 Å². The maximum absolute atomic E-state index is 14.2. The summed E-state index contributed by atoms with van der Waals surface area (Å²) in [5, 5.41) is 22.5. The van der Waals surface area contributed by atoms with Crippen molar-refractivity contribution in [1.82, 2.24) is 16.0 Å². The van der Waals surface area contributed by atoms with E-state index in [9.17, 15) is 34.1 Å². The van der Waals surface area contributed by atoms with Gasteiger partial charge in [0.25, 0.3) is 5.69 Å². The number of rotatable bonds is 26. The van der Waals surface area contributed by atoms with Gasteiger partial charge in [-0.1, -0.05) is 131 Å². The molecule has 9 atom stereocenters. The lowest BCUT2D eigenvalue weighted by atomic mass is 9.47. The van der Waals surface area contributed by atoms with Gasteiger partial charge in [0.1, 0.15) is 24.4 Å². The molecule has 0 unspecified atom stereocenters. The van der Waals surface area contributed by atoms with Crippen LogP contribution in [-0.2, 0) is 48.1 Å². The van der Waals surface area contributed by atoms with E-state index in [0.717, 1.165) is 54.1 Å². The highest BCUT2D eigenvalue weighted by Gasteiger charge is 2.59. The first kappa shape index (κ1) is 60.0. The van der Waals surface area contributed by atoms with Crippen molar-refractivity contribution < 1.29 is 43.1 Å². The van der Waals surface area contributed by atoms with Crippen LogP contribution in [0.25, 0.3) is 0 Å². The molecule has 15 nitrogen and oxygen atoms in total. The summed E-state index contributed by atoms with van der Waals surface area (Å²) in [5.41, 5.74) is 6.17. The minimum absolute atomic E-state index is 0.0617. The van der Waals surface area contributed by atoms with Crippen molar-refractivity contribution in [3.05, 3.63) is 160 Å². The Morgan fingerprint density at radius 1 is 0.728 bits per heavy atom. The Kier molecular flexibility index (Phi) is 20.8. The lowest BCUT2D eigenvalue weighted by molar-refractivity contribution is -0.384. The van der Waals surface area contributed by atoms with E-state index in [-0.39, 0.29) is 61.2 Å². The number of hydrogen-bond acceptors (Lipinski definition) is 10. The van der Waals surface area contributed by atoms with E-state index >= 15 is 0 Å². The van der Waals surface area contributed by atoms with Crippen LogP contribution in [0.3, 0.4) is 0 Å². The van der Waals surface area contributed by atoms with E-state index in [1.54, 1.807) is 29.8 Å². The number of anilines is 1. The van der Waals surface area contributed by atoms with Crippen LogP contribution in [0.15, 0.2) is 133 Å². The van der Waals surface area contributed by atoms with Crippen LogP contribution in [-0.4, -0.2) is 66.0 Å². The van der Waals surface area contributed by atoms with Crippen molar-refractivity contribution >= 4 is 41.2 Å². The maximum Gasteiger partial charge on any atom is 0.514 e. The Morgan fingerprint density at radius 2 is 1.40 bits per heavy atom. The number of nitrogens with zero attached hydrogens (tertiary/aromatic N) is 1. The number of nitrogens with one attached hydrogen (secondary N) is 4. The van der Waals surface area contributed by atoms with Crippen LogP contribution < -0.4 is 26.0 Å². The molecule has 4 aliphatic carbocycles. The monoisotopic (exact) mass is 1110 g/mol. The first-order valence-corrected chi connectivity index (χ1v) is 29.4. The van der Waals surface area contributed by atoms with Crippen LogP contribution in [0.4, 0.5) is 16.2 Å². The molecule has 0 heterocycles. The van der Waals surface area contributed by atoms with Crippen molar-refractivity contribution in [2.24, 2.45) is 40.4 Å². The molecule has 0 aliphatic heterocycles. The molecule has 0 bridgehead atoms. The first-order valence-electron chi connectivity index (χ1n) is 29.4. The number of hydrogen-bond donors (Lipinski definition) is 4. The molecular formula is C66H83N5O10. The Labute approximate surface area is 478 Å². The second kappa shape index (κ2) is 28.0. The minimum atomic E-state index is -1.06. The lowest BCUT2D eigenvalue weighted by Crippen LogP contribution is -2.54. The van der Waals surface area contributed by atoms with Crippen molar-refractivity contribution in [2.45, 2.75) is 155 Å². The molecule has 3 saturated carbocycles. The van der Waals surface area contributed by atoms with Gasteiger partial charge < -0.3 is 35.5 Å². The molecule has 4 N–H and O–H groups in total. The summed E-state index contributed by atoms with van der Waals surface area (Å²) < 4.78 is 16.8. The first-order chi connectivity index (χ1) is 39.0. The van der Waals surface area contributed by atoms with Gasteiger partial charge in [0, 0.05) is 56.7 Å². The molecular weight excluding hydrogens is 1020 g/mol. The van der Waals surface area contributed by atoms with Crippen LogP contribution >= 0.6 is 0 Å². The SMILES string of the molecule is C=C(CCCC(C)C)[C@H]1CC[C@H]2[C@@H]3CC=C4C[C@@H](OCCCNC(=O)CCC(=O)N[C@@H](Cc5ccccc5)C(=O)N[C@@H](Cc5ccccc5)C(=O)Nc5ccc(COC(=O)Oc6ccc([N+](=O)[O-])cc6)cc5)CC[C@]4(C)[C@H]3CC[C@]12C. The Bertz CT molecular complexity index is 2840. The number of nitro groups is 1. The number of carbonyl (C=O) groups excluding carboxylic acids is 5. The minimum Gasteiger partial charge on any atom is -0.429 e. The molecule has 0 spiro atoms. The molecule has 0 saturated heterocycles. The smallest absolute Gasteiger partial charge is 0.429 e. The predicted octanol–water partition coefficient (Wildman–Crippen LogP) is 12.3. The Hall–Kier alpha value is -7.13. The number of amides is 4. The molecule has 0 aromatic heterocycles. The van der Waals surface area contributed by atoms with Gasteiger partial charge >= 0.3 is 6.16 Å². The standard InChI is InChI=1S/C66H83N5O10/c1-44(2)14-12-15-45(3)55-30-31-56-54-29-22-49-42-53(34-36-65(49,4)57(54)35-37-66(55,56)5)79-39-13-38-67-60(72)32-33-61(73)69-58(40-46-16-8-6-9-17-46)63(75)70-59(41-47-18-10-7-11-19-47)62(74)68-50-23-20-48(21-24-50)43-80-64(76)81-52-27-25-51(26-28-52)71(77)78/h6-11,16-28,44,53-59H,3,12-15,29-43H2,1-2,4-5H3,(H,67,72)(H,68,74)(H,69,73)(H,70,75)/t53-,54-,55+,56-,57-,58-,59-,65-,66+/m0/s1. The van der Waals surface area contributed by atoms with E-state index in [2.05, 4.69) is 61.6 Å². The van der Waals surface area contributed by atoms with Gasteiger partial charge in [0.2, 0.25) is 23.6 Å². The number of benzene rings is 4. The van der Waals surface area contributed by atoms with Gasteiger partial charge in [0.05, 0.1) is 11.0 Å². The van der Waals surface area contributed by atoms with E-state index in [1.807, 2.05) is 60.7 Å². The quantitative estimate of drug-likeness (QED) is 0.0117. The van der Waals surface area contributed by atoms with Gasteiger partial charge in [-0.15, -0.1) is 0 Å². The summed E-state index contributed by atoms with van der Waals surface area (Å²) in [6.07, 6.45) is 15.9. The van der Waals surface area contributed by atoms with E-state index in [4.69, 9.17) is 14.2 Å². The van der Waals surface area contributed by atoms with Gasteiger partial charge in [0.15, 0.2) is 0 Å². The van der Waals surface area contributed by atoms with Crippen molar-refractivity contribution in [3.63, 3.8) is 0 Å². The molecule has 432 valence electrons. The van der Waals surface area contributed by atoms with Crippen molar-refractivity contribution in [1.29, 1.82) is 0 Å². The average molecular weight is 1110 g/mol. The number of carbonyl (C=O) groups is 5. The second-order valence-electron chi connectivity index (χ2n) is 24.0. The summed E-state index contributed by atoms with van der Waals surface area (Å²) >= 11 is 0. The molecule has 4 aromatic rings. The summed E-state index contributed by atoms with van der Waals surface area (Å²) in [6.45, 7) is 15.3. The highest BCUT2D eigenvalue weighted by Crippen LogP contribution is 2.67. The van der Waals surface area contributed by atoms with Crippen LogP contribution in [0, 0.1) is 50.5 Å². The zero-order valence-corrected chi connectivity index (χ0v) is 47.8. The Morgan fingerprint density at radius 3 is 2.06 bits per heavy atom. The molecule has 0 radical (unpaired) electrons. The maximum atomic E-state index is 14.2. The fourth-order valence-corrected chi connectivity index (χ4v) is 13.7. The fraction of sp³-hybridized carbons (Fsp3) is 0.500. The summed E-state index contributed by atoms with van der Waals surface area (Å²) in [5.74, 6) is 1.96. The van der Waals surface area contributed by atoms with Crippen LogP contribution in [0.5, 0.6) is 5.75 Å². The molecule has 15 heteroatoms. The number of fused-ring (bicyclic) bond motifs is 5. The summed E-state index contributed by atoms with van der Waals surface area (Å²) in [6, 6.07) is 27.9. The predicted molar refractivity (Wildman–Crippen MR) is 313 cm³/mol. The summed E-state index contributed by atoms with van der Waals surface area (Å²) in [4.78, 5) is 77.3. The molecule has 81 heavy (non-hydrogen) atoms. The number of nitro benzene ring substituents is 1. The molecule has 4 aromatic carbocycles. The van der Waals surface area contributed by atoms with E-state index in [1.165, 1.54) is 81.2 Å². The Balaban J connectivity index is 0.777.